The third-order valence-corrected chi connectivity index (χ3v) is 5.65. The summed E-state index contributed by atoms with van der Waals surface area (Å²) in [6.45, 7) is 6.07. The van der Waals surface area contributed by atoms with E-state index in [9.17, 15) is 8.42 Å². The van der Waals surface area contributed by atoms with E-state index in [1.54, 1.807) is 31.3 Å². The summed E-state index contributed by atoms with van der Waals surface area (Å²) in [4.78, 5) is 0.278. The lowest BCUT2D eigenvalue weighted by Crippen LogP contribution is -2.44. The molecule has 1 rings (SSSR count). The van der Waals surface area contributed by atoms with E-state index in [1.807, 2.05) is 20.8 Å². The fourth-order valence-corrected chi connectivity index (χ4v) is 3.15. The molecule has 2 N–H and O–H groups in total. The van der Waals surface area contributed by atoms with Crippen LogP contribution in [0, 0.1) is 11.8 Å². The highest BCUT2D eigenvalue weighted by Crippen LogP contribution is 2.25. The van der Waals surface area contributed by atoms with E-state index >= 15 is 0 Å². The highest BCUT2D eigenvalue weighted by Gasteiger charge is 2.32. The third-order valence-electron chi connectivity index (χ3n) is 3.57. The summed E-state index contributed by atoms with van der Waals surface area (Å²) < 4.78 is 26.5. The van der Waals surface area contributed by atoms with Crippen molar-refractivity contribution in [2.75, 3.05) is 13.6 Å². The van der Waals surface area contributed by atoms with Crippen molar-refractivity contribution < 1.29 is 8.42 Å². The third kappa shape index (κ3) is 3.60. The Morgan fingerprint density at radius 1 is 1.25 bits per heavy atom. The molecule has 0 radical (unpaired) electrons. The lowest BCUT2D eigenvalue weighted by atomic mass is 10.0. The molecule has 0 unspecified atom stereocenters. The van der Waals surface area contributed by atoms with Crippen LogP contribution in [-0.2, 0) is 10.0 Å². The summed E-state index contributed by atoms with van der Waals surface area (Å²) in [5, 5.41) is 0. The molecular formula is C15H22N2O2S. The predicted molar refractivity (Wildman–Crippen MR) is 81.7 cm³/mol. The van der Waals surface area contributed by atoms with Gasteiger partial charge in [0.2, 0.25) is 10.0 Å². The molecule has 4 nitrogen and oxygen atoms in total. The zero-order valence-electron chi connectivity index (χ0n) is 12.5. The Bertz CT molecular complexity index is 608. The fraction of sp³-hybridized carbons (Fsp3) is 0.467. The van der Waals surface area contributed by atoms with Gasteiger partial charge in [-0.3, -0.25) is 0 Å². The zero-order valence-corrected chi connectivity index (χ0v) is 13.3. The van der Waals surface area contributed by atoms with Crippen LogP contribution in [-0.4, -0.2) is 31.9 Å². The molecule has 0 spiro atoms. The first-order valence-electron chi connectivity index (χ1n) is 6.53. The second-order valence-electron chi connectivity index (χ2n) is 5.17. The van der Waals surface area contributed by atoms with Gasteiger partial charge in [-0.15, -0.1) is 0 Å². The van der Waals surface area contributed by atoms with Gasteiger partial charge >= 0.3 is 0 Å². The monoisotopic (exact) mass is 294 g/mol. The highest BCUT2D eigenvalue weighted by atomic mass is 32.2. The molecule has 110 valence electrons. The van der Waals surface area contributed by atoms with Crippen LogP contribution in [0.2, 0.25) is 0 Å². The molecule has 0 aliphatic rings. The Labute approximate surface area is 122 Å². The number of nitrogens with zero attached hydrogens (tertiary/aromatic N) is 1. The largest absolute Gasteiger partial charge is 0.320 e. The van der Waals surface area contributed by atoms with Gasteiger partial charge in [-0.1, -0.05) is 18.8 Å². The van der Waals surface area contributed by atoms with Crippen molar-refractivity contribution in [1.82, 2.24) is 4.31 Å². The van der Waals surface area contributed by atoms with Crippen LogP contribution in [0.15, 0.2) is 29.2 Å². The molecule has 0 saturated carbocycles. The Morgan fingerprint density at radius 2 is 1.80 bits per heavy atom. The minimum absolute atomic E-state index is 0.278. The van der Waals surface area contributed by atoms with E-state index in [1.165, 1.54) is 4.31 Å². The molecule has 0 amide bonds. The van der Waals surface area contributed by atoms with Crippen LogP contribution in [0.25, 0.3) is 0 Å². The number of nitrogens with two attached hydrogens (primary N) is 1. The second-order valence-corrected chi connectivity index (χ2v) is 7.14. The van der Waals surface area contributed by atoms with E-state index < -0.39 is 15.6 Å². The normalized spacial score (nSPS) is 12.1. The van der Waals surface area contributed by atoms with E-state index in [4.69, 9.17) is 5.73 Å². The van der Waals surface area contributed by atoms with E-state index in [0.29, 0.717) is 0 Å². The van der Waals surface area contributed by atoms with Crippen molar-refractivity contribution in [2.45, 2.75) is 37.6 Å². The van der Waals surface area contributed by atoms with Gasteiger partial charge in [0.1, 0.15) is 0 Å². The molecule has 20 heavy (non-hydrogen) atoms. The van der Waals surface area contributed by atoms with Crippen LogP contribution in [0.3, 0.4) is 0 Å². The molecule has 1 aromatic rings. The number of rotatable bonds is 4. The summed E-state index contributed by atoms with van der Waals surface area (Å²) >= 11 is 0. The number of benzene rings is 1. The molecule has 0 atom stereocenters. The Balaban J connectivity index is 3.11. The van der Waals surface area contributed by atoms with E-state index in [-0.39, 0.29) is 11.4 Å². The molecule has 0 aliphatic carbocycles. The first kappa shape index (κ1) is 16.7. The van der Waals surface area contributed by atoms with Crippen molar-refractivity contribution in [1.29, 1.82) is 0 Å². The molecule has 0 heterocycles. The number of hydrogen-bond acceptors (Lipinski definition) is 3. The van der Waals surface area contributed by atoms with Crippen LogP contribution in [0.4, 0.5) is 0 Å². The minimum Gasteiger partial charge on any atom is -0.320 e. The van der Waals surface area contributed by atoms with Crippen LogP contribution >= 0.6 is 0 Å². The van der Waals surface area contributed by atoms with Gasteiger partial charge in [0.15, 0.2) is 0 Å². The van der Waals surface area contributed by atoms with Gasteiger partial charge in [0.05, 0.1) is 11.4 Å². The van der Waals surface area contributed by atoms with Crippen molar-refractivity contribution in [2.24, 2.45) is 5.73 Å². The molecule has 1 aromatic carbocycles. The Kier molecular flexibility index (Phi) is 5.35. The van der Waals surface area contributed by atoms with Crippen LogP contribution in [0.5, 0.6) is 0 Å². The second kappa shape index (κ2) is 6.40. The topological polar surface area (TPSA) is 63.4 Å². The van der Waals surface area contributed by atoms with Gasteiger partial charge in [-0.05, 0) is 44.5 Å². The molecular weight excluding hydrogens is 272 g/mol. The van der Waals surface area contributed by atoms with Gasteiger partial charge in [-0.2, -0.15) is 4.31 Å². The standard InChI is InChI=1S/C15H22N2O2S/c1-5-15(2,3)17(4)20(18,19)14-10-8-13(9-11-14)7-6-12-16/h8-11H,5,12,16H2,1-4H3. The van der Waals surface area contributed by atoms with E-state index in [0.717, 1.165) is 12.0 Å². The van der Waals surface area contributed by atoms with Gasteiger partial charge < -0.3 is 5.73 Å². The lowest BCUT2D eigenvalue weighted by Gasteiger charge is -2.33. The molecule has 0 aromatic heterocycles. The Morgan fingerprint density at radius 3 is 2.25 bits per heavy atom. The van der Waals surface area contributed by atoms with Crippen molar-refractivity contribution in [3.63, 3.8) is 0 Å². The van der Waals surface area contributed by atoms with Gasteiger partial charge in [0, 0.05) is 18.2 Å². The quantitative estimate of drug-likeness (QED) is 0.861. The maximum Gasteiger partial charge on any atom is 0.243 e. The number of sulfonamides is 1. The van der Waals surface area contributed by atoms with E-state index in [2.05, 4.69) is 11.8 Å². The maximum atomic E-state index is 12.5. The first-order chi connectivity index (χ1) is 9.25. The van der Waals surface area contributed by atoms with Crippen LogP contribution < -0.4 is 5.73 Å². The van der Waals surface area contributed by atoms with Gasteiger partial charge in [0.25, 0.3) is 0 Å². The highest BCUT2D eigenvalue weighted by molar-refractivity contribution is 7.89. The predicted octanol–water partition coefficient (Wildman–Crippen LogP) is 1.81. The van der Waals surface area contributed by atoms with Crippen molar-refractivity contribution in [3.8, 4) is 11.8 Å². The van der Waals surface area contributed by atoms with Crippen LogP contribution in [0.1, 0.15) is 32.8 Å². The molecule has 0 bridgehead atoms. The summed E-state index contributed by atoms with van der Waals surface area (Å²) in [5.41, 5.74) is 5.64. The molecule has 0 aliphatic heterocycles. The summed E-state index contributed by atoms with van der Waals surface area (Å²) in [7, 11) is -1.87. The maximum absolute atomic E-state index is 12.5. The Hall–Kier alpha value is -1.35. The van der Waals surface area contributed by atoms with Crippen molar-refractivity contribution >= 4 is 10.0 Å². The summed E-state index contributed by atoms with van der Waals surface area (Å²) in [6, 6.07) is 6.56. The first-order valence-corrected chi connectivity index (χ1v) is 7.97. The average Bonchev–Trinajstić information content (AvgIpc) is 2.44. The summed E-state index contributed by atoms with van der Waals surface area (Å²) in [6.07, 6.45) is 0.739. The molecule has 5 heteroatoms. The zero-order chi connectivity index (χ0) is 15.4. The average molecular weight is 294 g/mol. The SMILES string of the molecule is CCC(C)(C)N(C)S(=O)(=O)c1ccc(C#CCN)cc1. The summed E-state index contributed by atoms with van der Waals surface area (Å²) in [5.74, 6) is 5.61. The van der Waals surface area contributed by atoms with Crippen molar-refractivity contribution in [3.05, 3.63) is 29.8 Å². The van der Waals surface area contributed by atoms with Gasteiger partial charge in [-0.25, -0.2) is 8.42 Å². The molecule has 0 saturated heterocycles. The molecule has 0 fully saturated rings. The fourth-order valence-electron chi connectivity index (χ4n) is 1.57. The number of hydrogen-bond donors (Lipinski definition) is 1. The lowest BCUT2D eigenvalue weighted by molar-refractivity contribution is 0.257. The smallest absolute Gasteiger partial charge is 0.243 e. The minimum atomic E-state index is -3.49.